The quantitative estimate of drug-likeness (QED) is 0.402. The first-order chi connectivity index (χ1) is 14.8. The molecular formula is C24H21ClN2O2S2. The van der Waals surface area contributed by atoms with E-state index in [1.807, 2.05) is 32.0 Å². The first kappa shape index (κ1) is 23.0. The van der Waals surface area contributed by atoms with Gasteiger partial charge in [0.05, 0.1) is 15.6 Å². The van der Waals surface area contributed by atoms with Gasteiger partial charge in [-0.25, -0.2) is 8.42 Å². The van der Waals surface area contributed by atoms with E-state index < -0.39 is 9.84 Å². The second-order valence-electron chi connectivity index (χ2n) is 6.91. The SMILES string of the molecule is Cc1ccc(CSC(Nc2ccccc2Cl)=C(C#N)S(=O)(=O)c2ccccc2)c(C)c1. The molecule has 0 aliphatic carbocycles. The highest BCUT2D eigenvalue weighted by Gasteiger charge is 2.26. The minimum absolute atomic E-state index is 0.0668. The van der Waals surface area contributed by atoms with Crippen molar-refractivity contribution >= 4 is 38.9 Å². The van der Waals surface area contributed by atoms with E-state index >= 15 is 0 Å². The Labute approximate surface area is 192 Å². The molecule has 0 saturated carbocycles. The normalized spacial score (nSPS) is 12.1. The number of rotatable bonds is 7. The van der Waals surface area contributed by atoms with Crippen molar-refractivity contribution in [1.29, 1.82) is 5.26 Å². The molecule has 1 N–H and O–H groups in total. The van der Waals surface area contributed by atoms with Gasteiger partial charge in [-0.3, -0.25) is 0 Å². The molecule has 0 aromatic heterocycles. The summed E-state index contributed by atoms with van der Waals surface area (Å²) in [6, 6.07) is 23.0. The van der Waals surface area contributed by atoms with Gasteiger partial charge in [0, 0.05) is 5.75 Å². The number of aryl methyl sites for hydroxylation is 2. The van der Waals surface area contributed by atoms with Gasteiger partial charge in [0.2, 0.25) is 9.84 Å². The largest absolute Gasteiger partial charge is 0.347 e. The van der Waals surface area contributed by atoms with E-state index in [2.05, 4.69) is 11.4 Å². The van der Waals surface area contributed by atoms with Gasteiger partial charge in [-0.15, -0.1) is 11.8 Å². The highest BCUT2D eigenvalue weighted by molar-refractivity contribution is 8.04. The van der Waals surface area contributed by atoms with Gasteiger partial charge in [0.15, 0.2) is 4.91 Å². The van der Waals surface area contributed by atoms with Crippen LogP contribution in [0.5, 0.6) is 0 Å². The lowest BCUT2D eigenvalue weighted by atomic mass is 10.1. The van der Waals surface area contributed by atoms with Crippen LogP contribution in [0.25, 0.3) is 0 Å². The molecule has 0 spiro atoms. The van der Waals surface area contributed by atoms with Gasteiger partial charge in [-0.2, -0.15) is 5.26 Å². The maximum absolute atomic E-state index is 13.2. The van der Waals surface area contributed by atoms with Crippen LogP contribution >= 0.6 is 23.4 Å². The second kappa shape index (κ2) is 10.1. The molecule has 0 aliphatic rings. The lowest BCUT2D eigenvalue weighted by molar-refractivity contribution is 0.603. The number of allylic oxidation sites excluding steroid dienone is 1. The minimum Gasteiger partial charge on any atom is -0.347 e. The van der Waals surface area contributed by atoms with Gasteiger partial charge in [0.1, 0.15) is 11.1 Å². The summed E-state index contributed by atoms with van der Waals surface area (Å²) in [5.41, 5.74) is 3.85. The molecule has 3 aromatic rings. The molecule has 0 amide bonds. The average molecular weight is 469 g/mol. The highest BCUT2D eigenvalue weighted by Crippen LogP contribution is 2.33. The molecule has 0 atom stereocenters. The third-order valence-electron chi connectivity index (χ3n) is 4.62. The first-order valence-electron chi connectivity index (χ1n) is 9.48. The highest BCUT2D eigenvalue weighted by atomic mass is 35.5. The van der Waals surface area contributed by atoms with Crippen LogP contribution in [0.4, 0.5) is 5.69 Å². The molecule has 0 radical (unpaired) electrons. The number of benzene rings is 3. The van der Waals surface area contributed by atoms with Crippen molar-refractivity contribution in [2.75, 3.05) is 5.32 Å². The Kier molecular flexibility index (Phi) is 7.45. The van der Waals surface area contributed by atoms with Gasteiger partial charge >= 0.3 is 0 Å². The van der Waals surface area contributed by atoms with E-state index in [4.69, 9.17) is 11.6 Å². The topological polar surface area (TPSA) is 70.0 Å². The molecule has 158 valence electrons. The number of para-hydroxylation sites is 1. The molecule has 3 rings (SSSR count). The van der Waals surface area contributed by atoms with Gasteiger partial charge in [-0.1, -0.05) is 65.7 Å². The fourth-order valence-electron chi connectivity index (χ4n) is 2.95. The summed E-state index contributed by atoms with van der Waals surface area (Å²) in [6.07, 6.45) is 0. The molecule has 0 heterocycles. The van der Waals surface area contributed by atoms with E-state index in [9.17, 15) is 13.7 Å². The number of halogens is 1. The molecule has 31 heavy (non-hydrogen) atoms. The standard InChI is InChI=1S/C24H21ClN2O2S2/c1-17-12-13-19(18(2)14-17)16-30-24(27-22-11-7-6-10-21(22)25)23(15-26)31(28,29)20-8-4-3-5-9-20/h3-14,27H,16H2,1-2H3. The number of hydrogen-bond donors (Lipinski definition) is 1. The zero-order valence-electron chi connectivity index (χ0n) is 17.1. The van der Waals surface area contributed by atoms with E-state index in [1.54, 1.807) is 42.5 Å². The molecule has 0 bridgehead atoms. The minimum atomic E-state index is -4.01. The molecule has 0 aliphatic heterocycles. The van der Waals surface area contributed by atoms with Crippen molar-refractivity contribution in [3.05, 3.63) is 104 Å². The Bertz CT molecular complexity index is 1260. The maximum Gasteiger partial charge on any atom is 0.219 e. The van der Waals surface area contributed by atoms with Crippen LogP contribution in [0, 0.1) is 25.2 Å². The van der Waals surface area contributed by atoms with Gasteiger partial charge in [-0.05, 0) is 49.2 Å². The van der Waals surface area contributed by atoms with E-state index in [-0.39, 0.29) is 14.8 Å². The fourth-order valence-corrected chi connectivity index (χ4v) is 5.79. The summed E-state index contributed by atoms with van der Waals surface area (Å²) < 4.78 is 26.5. The molecule has 0 unspecified atom stereocenters. The van der Waals surface area contributed by atoms with Crippen LogP contribution in [-0.2, 0) is 15.6 Å². The lowest BCUT2D eigenvalue weighted by Crippen LogP contribution is -2.10. The van der Waals surface area contributed by atoms with Gasteiger partial charge < -0.3 is 5.32 Å². The molecule has 3 aromatic carbocycles. The first-order valence-corrected chi connectivity index (χ1v) is 12.3. The predicted molar refractivity (Wildman–Crippen MR) is 129 cm³/mol. The molecule has 7 heteroatoms. The molecule has 0 saturated heterocycles. The fraction of sp³-hybridized carbons (Fsp3) is 0.125. The maximum atomic E-state index is 13.2. The number of sulfone groups is 1. The van der Waals surface area contributed by atoms with Gasteiger partial charge in [0.25, 0.3) is 0 Å². The van der Waals surface area contributed by atoms with Crippen molar-refractivity contribution in [2.24, 2.45) is 0 Å². The molecule has 0 fully saturated rings. The van der Waals surface area contributed by atoms with E-state index in [0.717, 1.165) is 16.7 Å². The van der Waals surface area contributed by atoms with E-state index in [1.165, 1.54) is 23.9 Å². The van der Waals surface area contributed by atoms with E-state index in [0.29, 0.717) is 16.5 Å². The Balaban J connectivity index is 2.07. The summed E-state index contributed by atoms with van der Waals surface area (Å²) in [7, 11) is -4.01. The van der Waals surface area contributed by atoms with Crippen LogP contribution in [0.2, 0.25) is 5.02 Å². The molecule has 4 nitrogen and oxygen atoms in total. The number of nitrogens with one attached hydrogen (secondary N) is 1. The predicted octanol–water partition coefficient (Wildman–Crippen LogP) is 6.47. The van der Waals surface area contributed by atoms with Crippen molar-refractivity contribution in [2.45, 2.75) is 24.5 Å². The zero-order valence-corrected chi connectivity index (χ0v) is 19.5. The van der Waals surface area contributed by atoms with Crippen molar-refractivity contribution < 1.29 is 8.42 Å². The Morgan fingerprint density at radius 1 is 1.03 bits per heavy atom. The third kappa shape index (κ3) is 5.50. The smallest absolute Gasteiger partial charge is 0.219 e. The summed E-state index contributed by atoms with van der Waals surface area (Å²) >= 11 is 7.54. The van der Waals surface area contributed by atoms with Crippen molar-refractivity contribution in [3.63, 3.8) is 0 Å². The second-order valence-corrected chi connectivity index (χ2v) is 10.2. The number of nitriles is 1. The van der Waals surface area contributed by atoms with Crippen LogP contribution < -0.4 is 5.32 Å². The van der Waals surface area contributed by atoms with Crippen molar-refractivity contribution in [3.8, 4) is 6.07 Å². The van der Waals surface area contributed by atoms with Crippen LogP contribution in [0.3, 0.4) is 0 Å². The number of anilines is 1. The Hall–Kier alpha value is -2.72. The average Bonchev–Trinajstić information content (AvgIpc) is 2.75. The monoisotopic (exact) mass is 468 g/mol. The van der Waals surface area contributed by atoms with Crippen LogP contribution in [0.15, 0.2) is 87.6 Å². The number of thioether (sulfide) groups is 1. The summed E-state index contributed by atoms with van der Waals surface area (Å²) in [5, 5.41) is 13.6. The zero-order chi connectivity index (χ0) is 22.4. The number of nitrogens with zero attached hydrogens (tertiary/aromatic N) is 1. The Morgan fingerprint density at radius 3 is 2.35 bits per heavy atom. The summed E-state index contributed by atoms with van der Waals surface area (Å²) in [4.78, 5) is -0.273. The summed E-state index contributed by atoms with van der Waals surface area (Å²) in [5.74, 6) is 0.494. The number of hydrogen-bond acceptors (Lipinski definition) is 5. The lowest BCUT2D eigenvalue weighted by Gasteiger charge is -2.15. The third-order valence-corrected chi connectivity index (χ3v) is 7.86. The van der Waals surface area contributed by atoms with Crippen molar-refractivity contribution in [1.82, 2.24) is 0 Å². The van der Waals surface area contributed by atoms with Crippen LogP contribution in [0.1, 0.15) is 16.7 Å². The Morgan fingerprint density at radius 2 is 1.71 bits per heavy atom. The molecular weight excluding hydrogens is 448 g/mol. The summed E-state index contributed by atoms with van der Waals surface area (Å²) in [6.45, 7) is 4.04. The van der Waals surface area contributed by atoms with Crippen LogP contribution in [-0.4, -0.2) is 8.42 Å².